The van der Waals surface area contributed by atoms with E-state index in [1.54, 1.807) is 4.68 Å². The normalized spacial score (nSPS) is 14.2. The topological polar surface area (TPSA) is 98.7 Å². The van der Waals surface area contributed by atoms with E-state index in [1.165, 1.54) is 0 Å². The second-order valence-electron chi connectivity index (χ2n) is 9.91. The number of hydrogen-bond acceptors (Lipinski definition) is 5. The highest BCUT2D eigenvalue weighted by molar-refractivity contribution is 6.04. The average molecular weight is 538 g/mol. The Hall–Kier alpha value is -4.40. The molecule has 2 aromatic heterocycles. The minimum Gasteiger partial charge on any atom is -0.493 e. The van der Waals surface area contributed by atoms with Crippen LogP contribution in [0.1, 0.15) is 33.9 Å². The predicted octanol–water partition coefficient (Wildman–Crippen LogP) is 5.48. The summed E-state index contributed by atoms with van der Waals surface area (Å²) < 4.78 is 15.6. The van der Waals surface area contributed by atoms with Crippen LogP contribution in [-0.4, -0.2) is 43.7 Å². The van der Waals surface area contributed by atoms with Crippen molar-refractivity contribution in [2.45, 2.75) is 32.6 Å². The number of aryl methyl sites for hydroxylation is 2. The Morgan fingerprint density at radius 2 is 1.85 bits per heavy atom. The van der Waals surface area contributed by atoms with E-state index >= 15 is 0 Å². The Kier molecular flexibility index (Phi) is 7.11. The van der Waals surface area contributed by atoms with Gasteiger partial charge in [-0.1, -0.05) is 66.7 Å². The Morgan fingerprint density at radius 3 is 2.70 bits per heavy atom. The fraction of sp³-hybridized carbons (Fsp3) is 0.250. The van der Waals surface area contributed by atoms with Gasteiger partial charge in [-0.2, -0.15) is 5.10 Å². The van der Waals surface area contributed by atoms with Gasteiger partial charge in [0.05, 0.1) is 43.3 Å². The molecule has 0 fully saturated rings. The smallest absolute Gasteiger partial charge is 0.352 e. The number of fused-ring (bicyclic) bond motifs is 3. The Bertz CT molecular complexity index is 1740. The highest BCUT2D eigenvalue weighted by Crippen LogP contribution is 2.39. The van der Waals surface area contributed by atoms with E-state index in [0.717, 1.165) is 49.8 Å². The van der Waals surface area contributed by atoms with Gasteiger partial charge >= 0.3 is 5.97 Å². The molecule has 1 aliphatic heterocycles. The number of para-hydroxylation sites is 1. The summed E-state index contributed by atoms with van der Waals surface area (Å²) in [6.45, 7) is 1.32. The molecular formula is C32H31N3O5. The van der Waals surface area contributed by atoms with Crippen molar-refractivity contribution in [3.63, 3.8) is 0 Å². The molecule has 3 aromatic carbocycles. The van der Waals surface area contributed by atoms with Crippen LogP contribution >= 0.6 is 0 Å². The lowest BCUT2D eigenvalue weighted by Gasteiger charge is -2.11. The number of aromatic nitrogens is 3. The molecule has 0 amide bonds. The fourth-order valence-electron chi connectivity index (χ4n) is 5.79. The maximum atomic E-state index is 12.7. The van der Waals surface area contributed by atoms with Crippen LogP contribution in [0.3, 0.4) is 0 Å². The molecule has 0 atom stereocenters. The van der Waals surface area contributed by atoms with Crippen molar-refractivity contribution >= 4 is 27.6 Å². The summed E-state index contributed by atoms with van der Waals surface area (Å²) >= 11 is 0. The predicted molar refractivity (Wildman–Crippen MR) is 154 cm³/mol. The number of allylic oxidation sites excluding steroid dienone is 1. The molecule has 0 unspecified atom stereocenters. The highest BCUT2D eigenvalue weighted by atomic mass is 16.5. The van der Waals surface area contributed by atoms with Gasteiger partial charge in [0.2, 0.25) is 0 Å². The van der Waals surface area contributed by atoms with Crippen LogP contribution < -0.4 is 4.74 Å². The summed E-state index contributed by atoms with van der Waals surface area (Å²) in [5, 5.41) is 28.2. The minimum absolute atomic E-state index is 0.233. The molecule has 2 N–H and O–H groups in total. The summed E-state index contributed by atoms with van der Waals surface area (Å²) in [6, 6.07) is 20.0. The number of carboxylic acids is 1. The first-order valence-electron chi connectivity index (χ1n) is 13.4. The van der Waals surface area contributed by atoms with Gasteiger partial charge in [0.1, 0.15) is 11.4 Å². The van der Waals surface area contributed by atoms with Gasteiger partial charge in [0, 0.05) is 35.5 Å². The van der Waals surface area contributed by atoms with Crippen molar-refractivity contribution in [1.82, 2.24) is 14.3 Å². The van der Waals surface area contributed by atoms with Crippen molar-refractivity contribution in [1.29, 1.82) is 0 Å². The molecule has 204 valence electrons. The zero-order valence-electron chi connectivity index (χ0n) is 22.3. The molecule has 0 spiro atoms. The number of nitrogens with zero attached hydrogens (tertiary/aromatic N) is 3. The van der Waals surface area contributed by atoms with Gasteiger partial charge in [-0.05, 0) is 29.9 Å². The fourth-order valence-corrected chi connectivity index (χ4v) is 5.79. The first kappa shape index (κ1) is 25.9. The average Bonchev–Trinajstić information content (AvgIpc) is 3.45. The van der Waals surface area contributed by atoms with Gasteiger partial charge in [-0.25, -0.2) is 4.79 Å². The van der Waals surface area contributed by atoms with Crippen LogP contribution in [0.4, 0.5) is 0 Å². The van der Waals surface area contributed by atoms with E-state index in [0.29, 0.717) is 44.9 Å². The van der Waals surface area contributed by atoms with Crippen molar-refractivity contribution in [3.8, 4) is 16.9 Å². The lowest BCUT2D eigenvalue weighted by molar-refractivity contribution is 0.0685. The number of aliphatic hydroxyl groups excluding tert-OH is 1. The second-order valence-corrected chi connectivity index (χ2v) is 9.91. The standard InChI is InChI=1S/C32H31N3O5/c1-34-27-20-39-17-5-4-16-35-30-23(12-7-13-25(30)29(27)26(19-36)33-34)24(31(35)32(37)38)14-8-18-40-28-15-6-10-21-9-2-3-11-22(21)28/h2-7,9-13,15,36H,8,14,16-20H2,1H3,(H,37,38)/b5-4-. The summed E-state index contributed by atoms with van der Waals surface area (Å²) in [4.78, 5) is 12.7. The minimum atomic E-state index is -0.972. The molecule has 1 aliphatic rings. The maximum absolute atomic E-state index is 12.7. The molecule has 8 heteroatoms. The lowest BCUT2D eigenvalue weighted by Crippen LogP contribution is -2.11. The molecular weight excluding hydrogens is 506 g/mol. The van der Waals surface area contributed by atoms with Gasteiger partial charge in [0.25, 0.3) is 0 Å². The van der Waals surface area contributed by atoms with Crippen LogP contribution in [0.15, 0.2) is 72.8 Å². The zero-order chi connectivity index (χ0) is 27.6. The number of aliphatic hydroxyl groups is 1. The van der Waals surface area contributed by atoms with Gasteiger partial charge in [-0.15, -0.1) is 0 Å². The van der Waals surface area contributed by atoms with Gasteiger partial charge in [-0.3, -0.25) is 4.68 Å². The van der Waals surface area contributed by atoms with Crippen LogP contribution in [-0.2, 0) is 38.0 Å². The third-order valence-corrected chi connectivity index (χ3v) is 7.53. The molecule has 3 heterocycles. The number of carboxylic acid groups (broad SMARTS) is 1. The summed E-state index contributed by atoms with van der Waals surface area (Å²) in [5.74, 6) is -0.149. The number of hydrogen-bond donors (Lipinski definition) is 2. The Balaban J connectivity index is 1.42. The molecule has 5 aromatic rings. The monoisotopic (exact) mass is 537 g/mol. The first-order valence-corrected chi connectivity index (χ1v) is 13.4. The third kappa shape index (κ3) is 4.55. The largest absolute Gasteiger partial charge is 0.493 e. The van der Waals surface area contributed by atoms with E-state index in [1.807, 2.05) is 72.3 Å². The van der Waals surface area contributed by atoms with E-state index in [-0.39, 0.29) is 12.3 Å². The third-order valence-electron chi connectivity index (χ3n) is 7.53. The maximum Gasteiger partial charge on any atom is 0.352 e. The Morgan fingerprint density at radius 1 is 1.05 bits per heavy atom. The number of benzene rings is 3. The molecule has 8 nitrogen and oxygen atoms in total. The summed E-state index contributed by atoms with van der Waals surface area (Å²) in [6.07, 6.45) is 5.04. The zero-order valence-corrected chi connectivity index (χ0v) is 22.3. The molecule has 40 heavy (non-hydrogen) atoms. The molecule has 0 radical (unpaired) electrons. The Labute approximate surface area is 231 Å². The summed E-state index contributed by atoms with van der Waals surface area (Å²) in [5.41, 5.74) is 4.87. The highest BCUT2D eigenvalue weighted by Gasteiger charge is 2.27. The molecule has 6 rings (SSSR count). The first-order chi connectivity index (χ1) is 19.6. The SMILES string of the molecule is Cn1nc(CO)c2c1COC/C=C\Cn1c(C(=O)O)c(CCCOc3cccc4ccccc34)c3cccc-2c31. The van der Waals surface area contributed by atoms with Crippen LogP contribution in [0, 0.1) is 0 Å². The lowest BCUT2D eigenvalue weighted by atomic mass is 9.98. The van der Waals surface area contributed by atoms with Gasteiger partial charge < -0.3 is 24.3 Å². The van der Waals surface area contributed by atoms with E-state index in [4.69, 9.17) is 9.47 Å². The van der Waals surface area contributed by atoms with Crippen LogP contribution in [0.2, 0.25) is 0 Å². The van der Waals surface area contributed by atoms with Crippen molar-refractivity contribution in [3.05, 3.63) is 95.5 Å². The number of aromatic carboxylic acids is 1. The molecule has 0 aliphatic carbocycles. The molecule has 0 bridgehead atoms. The van der Waals surface area contributed by atoms with Crippen LogP contribution in [0.25, 0.3) is 32.8 Å². The van der Waals surface area contributed by atoms with E-state index in [9.17, 15) is 15.0 Å². The number of carbonyl (C=O) groups is 1. The molecule has 0 saturated carbocycles. The molecule has 0 saturated heterocycles. The number of ether oxygens (including phenoxy) is 2. The van der Waals surface area contributed by atoms with Gasteiger partial charge in [0.15, 0.2) is 0 Å². The second kappa shape index (κ2) is 11.0. The van der Waals surface area contributed by atoms with Crippen LogP contribution in [0.5, 0.6) is 5.75 Å². The summed E-state index contributed by atoms with van der Waals surface area (Å²) in [7, 11) is 1.83. The van der Waals surface area contributed by atoms with Crippen molar-refractivity contribution in [2.75, 3.05) is 13.2 Å². The number of rotatable bonds is 7. The van der Waals surface area contributed by atoms with Crippen molar-refractivity contribution in [2.24, 2.45) is 7.05 Å². The van der Waals surface area contributed by atoms with Crippen molar-refractivity contribution < 1.29 is 24.5 Å². The van der Waals surface area contributed by atoms with E-state index < -0.39 is 5.97 Å². The quantitative estimate of drug-likeness (QED) is 0.211. The van der Waals surface area contributed by atoms with E-state index in [2.05, 4.69) is 17.2 Å².